The van der Waals surface area contributed by atoms with E-state index in [0.29, 0.717) is 0 Å². The number of hydrogen-bond acceptors (Lipinski definition) is 0. The monoisotopic (exact) mass is 72.1 g/mol. The van der Waals surface area contributed by atoms with Crippen molar-refractivity contribution >= 4 is 0 Å². The maximum Gasteiger partial charge on any atom is -0.0442 e. The van der Waals surface area contributed by atoms with Gasteiger partial charge in [-0.05, 0) is 20.8 Å². The first kappa shape index (κ1) is 4.74. The van der Waals surface area contributed by atoms with Crippen LogP contribution in [0.1, 0.15) is 20.8 Å². The third-order valence-corrected chi connectivity index (χ3v) is 0.577. The highest BCUT2D eigenvalue weighted by atomic mass is 14.6. The molecule has 0 nitrogen and oxygen atoms in total. The van der Waals surface area contributed by atoms with Gasteiger partial charge in [-0.1, -0.05) is 11.6 Å². The second-order valence-electron chi connectivity index (χ2n) is 1.37. The highest BCUT2D eigenvalue weighted by Gasteiger charge is 1.60. The molecule has 0 rings (SSSR count). The minimum atomic E-state index is 1.38. The molecule has 0 unspecified atom stereocenters. The average molecular weight is 72.1 g/mol. The summed E-state index contributed by atoms with van der Waals surface area (Å²) >= 11 is 0. The summed E-state index contributed by atoms with van der Waals surface area (Å²) in [6, 6.07) is 0. The zero-order valence-electron chi connectivity index (χ0n) is 4.08. The van der Waals surface area contributed by atoms with Gasteiger partial charge in [0.15, 0.2) is 0 Å². The first-order chi connectivity index (χ1) is 2.27. The minimum Gasteiger partial charge on any atom is -0.0890 e. The van der Waals surface area contributed by atoms with Gasteiger partial charge in [-0.3, -0.25) is 0 Å². The summed E-state index contributed by atoms with van der Waals surface area (Å²) in [5.74, 6) is 0. The molecule has 0 radical (unpaired) electrons. The van der Waals surface area contributed by atoms with Crippen molar-refractivity contribution < 1.29 is 0 Å². The highest BCUT2D eigenvalue weighted by Crippen LogP contribution is 1.82. The van der Waals surface area contributed by atoms with Gasteiger partial charge in [0.1, 0.15) is 0 Å². The molecule has 0 heterocycles. The average Bonchev–Trinajstić information content (AvgIpc) is 1.38. The normalized spacial score (nSPS) is 7.00. The van der Waals surface area contributed by atoms with Crippen LogP contribution in [-0.4, -0.2) is 0 Å². The van der Waals surface area contributed by atoms with Gasteiger partial charge < -0.3 is 0 Å². The first-order valence-electron chi connectivity index (χ1n) is 1.87. The topological polar surface area (TPSA) is 0 Å². The van der Waals surface area contributed by atoms with Crippen LogP contribution in [0.4, 0.5) is 0 Å². The molecule has 0 aromatic heterocycles. The predicted molar refractivity (Wildman–Crippen MR) is 25.1 cm³/mol. The Morgan fingerprint density at radius 3 is 1.60 bits per heavy atom. The molecule has 0 spiro atoms. The molecule has 0 saturated heterocycles. The Hall–Kier alpha value is -0.260. The van der Waals surface area contributed by atoms with Crippen molar-refractivity contribution in [2.45, 2.75) is 20.8 Å². The molecule has 0 saturated carbocycles. The van der Waals surface area contributed by atoms with Crippen LogP contribution >= 0.6 is 0 Å². The Kier molecular flexibility index (Phi) is 1.90. The van der Waals surface area contributed by atoms with Crippen molar-refractivity contribution in [3.05, 3.63) is 11.6 Å². The summed E-state index contributed by atoms with van der Waals surface area (Å²) in [7, 11) is 0. The molecule has 0 atom stereocenters. The van der Waals surface area contributed by atoms with E-state index in [1.807, 2.05) is 6.92 Å². The lowest BCUT2D eigenvalue weighted by atomic mass is 10.5. The molecule has 0 amide bonds. The van der Waals surface area contributed by atoms with Gasteiger partial charge in [-0.15, -0.1) is 0 Å². The second kappa shape index (κ2) is 2.01. The van der Waals surface area contributed by atoms with Crippen molar-refractivity contribution in [2.75, 3.05) is 0 Å². The third-order valence-electron chi connectivity index (χ3n) is 0.577. The van der Waals surface area contributed by atoms with Gasteiger partial charge in [0.2, 0.25) is 0 Å². The summed E-state index contributed by atoms with van der Waals surface area (Å²) in [5, 5.41) is 0. The van der Waals surface area contributed by atoms with Gasteiger partial charge >= 0.3 is 0 Å². The minimum absolute atomic E-state index is 1.38. The van der Waals surface area contributed by atoms with Crippen molar-refractivity contribution in [1.29, 1.82) is 0 Å². The Morgan fingerprint density at radius 1 is 1.40 bits per heavy atom. The molecule has 30 valence electrons. The largest absolute Gasteiger partial charge is 0.0890 e. The second-order valence-corrected chi connectivity index (χ2v) is 1.37. The Bertz CT molecular complexity index is 38.0. The molecule has 0 aromatic carbocycles. The zero-order valence-corrected chi connectivity index (χ0v) is 4.08. The summed E-state index contributed by atoms with van der Waals surface area (Å²) < 4.78 is 0. The Labute approximate surface area is 33.5 Å². The van der Waals surface area contributed by atoms with E-state index in [1.165, 1.54) is 5.57 Å². The first-order valence-corrected chi connectivity index (χ1v) is 1.87. The molecule has 0 aliphatic heterocycles. The van der Waals surface area contributed by atoms with Gasteiger partial charge in [0, 0.05) is 0 Å². The van der Waals surface area contributed by atoms with Crippen molar-refractivity contribution in [2.24, 2.45) is 0 Å². The number of rotatable bonds is 0. The number of allylic oxidation sites excluding steroid dienone is 2. The molecule has 0 bridgehead atoms. The fourth-order valence-corrected chi connectivity index (χ4v) is 0. The van der Waals surface area contributed by atoms with Crippen LogP contribution in [0.2, 0.25) is 0 Å². The van der Waals surface area contributed by atoms with Crippen LogP contribution in [0.3, 0.4) is 0 Å². The standard InChI is InChI=1S/C5H10/c1-4-5(2)3/h4H,1-3H3/i4+2. The lowest BCUT2D eigenvalue weighted by Gasteiger charge is -1.74. The van der Waals surface area contributed by atoms with Crippen LogP contribution in [0.5, 0.6) is 0 Å². The van der Waals surface area contributed by atoms with Crippen LogP contribution < -0.4 is 0 Å². The summed E-state index contributed by atoms with van der Waals surface area (Å²) in [6.45, 7) is 6.20. The molecular weight excluding hydrogens is 62.0 g/mol. The smallest absolute Gasteiger partial charge is 0.0442 e. The molecule has 0 fully saturated rings. The lowest BCUT2D eigenvalue weighted by Crippen LogP contribution is -1.52. The molecule has 0 aliphatic carbocycles. The molecular formula is C5H10. The SMILES string of the molecule is C[14CH]=C(C)C. The van der Waals surface area contributed by atoms with Crippen LogP contribution in [0.25, 0.3) is 0 Å². The molecule has 0 aliphatic rings. The number of hydrogen-bond donors (Lipinski definition) is 0. The molecule has 0 aromatic rings. The van der Waals surface area contributed by atoms with Gasteiger partial charge in [-0.25, -0.2) is 0 Å². The fraction of sp³-hybridized carbons (Fsp3) is 0.600. The zero-order chi connectivity index (χ0) is 4.28. The maximum absolute atomic E-state index is 2.08. The van der Waals surface area contributed by atoms with Crippen LogP contribution in [-0.2, 0) is 0 Å². The van der Waals surface area contributed by atoms with E-state index in [4.69, 9.17) is 0 Å². The van der Waals surface area contributed by atoms with E-state index >= 15 is 0 Å². The highest BCUT2D eigenvalue weighted by molar-refractivity contribution is 4.88. The third kappa shape index (κ3) is 3.74. The quantitative estimate of drug-likeness (QED) is 0.384. The van der Waals surface area contributed by atoms with E-state index in [9.17, 15) is 0 Å². The van der Waals surface area contributed by atoms with Crippen LogP contribution in [0, 0.1) is 0 Å². The Morgan fingerprint density at radius 2 is 1.60 bits per heavy atom. The van der Waals surface area contributed by atoms with Crippen molar-refractivity contribution in [1.82, 2.24) is 0 Å². The van der Waals surface area contributed by atoms with E-state index < -0.39 is 0 Å². The van der Waals surface area contributed by atoms with Gasteiger partial charge in [0.25, 0.3) is 0 Å². The molecule has 0 heteroatoms. The van der Waals surface area contributed by atoms with E-state index in [1.54, 1.807) is 0 Å². The molecule has 0 N–H and O–H groups in total. The van der Waals surface area contributed by atoms with Crippen molar-refractivity contribution in [3.8, 4) is 0 Å². The maximum atomic E-state index is 2.08. The summed E-state index contributed by atoms with van der Waals surface area (Å²) in [4.78, 5) is 0. The molecule has 5 heavy (non-hydrogen) atoms. The fourth-order valence-electron chi connectivity index (χ4n) is 0. The van der Waals surface area contributed by atoms with Crippen molar-refractivity contribution in [3.63, 3.8) is 0 Å². The van der Waals surface area contributed by atoms with Crippen LogP contribution in [0.15, 0.2) is 11.6 Å². The lowest BCUT2D eigenvalue weighted by molar-refractivity contribution is 1.36. The predicted octanol–water partition coefficient (Wildman–Crippen LogP) is 1.97. The summed E-state index contributed by atoms with van der Waals surface area (Å²) in [6.07, 6.45) is 2.08. The van der Waals surface area contributed by atoms with E-state index in [2.05, 4.69) is 19.9 Å². The van der Waals surface area contributed by atoms with E-state index in [0.717, 1.165) is 0 Å². The Balaban J connectivity index is 3.14. The van der Waals surface area contributed by atoms with Gasteiger partial charge in [-0.2, -0.15) is 0 Å². The van der Waals surface area contributed by atoms with E-state index in [-0.39, 0.29) is 0 Å². The summed E-state index contributed by atoms with van der Waals surface area (Å²) in [5.41, 5.74) is 1.38. The van der Waals surface area contributed by atoms with Gasteiger partial charge in [0.05, 0.1) is 0 Å².